The molecule has 0 bridgehead atoms. The molecule has 7 heteroatoms. The number of amides is 1. The molecule has 2 aromatic rings. The molecule has 7 nitrogen and oxygen atoms in total. The fourth-order valence-corrected chi connectivity index (χ4v) is 3.32. The number of hydrogen-bond acceptors (Lipinski definition) is 4. The molecule has 0 aliphatic carbocycles. The highest BCUT2D eigenvalue weighted by Crippen LogP contribution is 2.26. The van der Waals surface area contributed by atoms with Crippen LogP contribution in [0.15, 0.2) is 23.1 Å². The summed E-state index contributed by atoms with van der Waals surface area (Å²) in [6.07, 6.45) is 3.97. The average Bonchev–Trinajstić information content (AvgIpc) is 2.89. The summed E-state index contributed by atoms with van der Waals surface area (Å²) in [5, 5.41) is 4.14. The van der Waals surface area contributed by atoms with Crippen LogP contribution in [0.3, 0.4) is 0 Å². The van der Waals surface area contributed by atoms with Crippen molar-refractivity contribution in [3.8, 4) is 0 Å². The molecule has 3 heterocycles. The Bertz CT molecular complexity index is 808. The van der Waals surface area contributed by atoms with Crippen LogP contribution >= 0.6 is 0 Å². The Labute approximate surface area is 140 Å². The molecular formula is C17H23N5O2. The van der Waals surface area contributed by atoms with Crippen LogP contribution in [0.5, 0.6) is 0 Å². The first kappa shape index (κ1) is 16.4. The Morgan fingerprint density at radius 2 is 2.08 bits per heavy atom. The molecule has 0 aromatic carbocycles. The number of carbonyl (C=O) groups excluding carboxylic acids is 1. The van der Waals surface area contributed by atoms with Crippen molar-refractivity contribution in [3.63, 3.8) is 0 Å². The zero-order chi connectivity index (χ0) is 17.3. The van der Waals surface area contributed by atoms with Gasteiger partial charge in [-0.15, -0.1) is 0 Å². The minimum atomic E-state index is -0.248. The smallest absolute Gasteiger partial charge is 0.267 e. The van der Waals surface area contributed by atoms with E-state index in [0.29, 0.717) is 6.54 Å². The van der Waals surface area contributed by atoms with Gasteiger partial charge in [0.2, 0.25) is 5.91 Å². The first-order valence-corrected chi connectivity index (χ1v) is 8.26. The summed E-state index contributed by atoms with van der Waals surface area (Å²) in [4.78, 5) is 30.9. The van der Waals surface area contributed by atoms with Crippen LogP contribution in [0.1, 0.15) is 36.0 Å². The molecule has 24 heavy (non-hydrogen) atoms. The molecule has 1 atom stereocenters. The topological polar surface area (TPSA) is 73.0 Å². The van der Waals surface area contributed by atoms with E-state index in [-0.39, 0.29) is 23.9 Å². The fraction of sp³-hybridized carbons (Fsp3) is 0.529. The zero-order valence-corrected chi connectivity index (χ0v) is 14.4. The number of aromatic nitrogens is 4. The Morgan fingerprint density at radius 3 is 2.79 bits per heavy atom. The van der Waals surface area contributed by atoms with Gasteiger partial charge in [-0.3, -0.25) is 9.59 Å². The molecule has 2 aromatic heterocycles. The van der Waals surface area contributed by atoms with Gasteiger partial charge in [0.25, 0.3) is 5.56 Å². The van der Waals surface area contributed by atoms with E-state index in [9.17, 15) is 9.59 Å². The Hall–Kier alpha value is -2.44. The lowest BCUT2D eigenvalue weighted by Gasteiger charge is -2.32. The van der Waals surface area contributed by atoms with E-state index in [1.807, 2.05) is 29.6 Å². The summed E-state index contributed by atoms with van der Waals surface area (Å²) < 4.78 is 3.28. The number of imidazole rings is 1. The lowest BCUT2D eigenvalue weighted by Crippen LogP contribution is -2.43. The molecule has 3 rings (SSSR count). The maximum atomic E-state index is 12.6. The number of piperidine rings is 1. The van der Waals surface area contributed by atoms with Crippen molar-refractivity contribution in [2.45, 2.75) is 39.2 Å². The molecule has 1 amide bonds. The minimum Gasteiger partial charge on any atom is -0.340 e. The molecule has 128 valence electrons. The summed E-state index contributed by atoms with van der Waals surface area (Å²) in [6, 6.07) is 3.11. The molecule has 1 aliphatic rings. The van der Waals surface area contributed by atoms with Gasteiger partial charge in [0.05, 0.1) is 11.4 Å². The number of hydrogen-bond donors (Lipinski definition) is 0. The van der Waals surface area contributed by atoms with E-state index < -0.39 is 0 Å². The third-order valence-corrected chi connectivity index (χ3v) is 4.46. The summed E-state index contributed by atoms with van der Waals surface area (Å²) in [7, 11) is 1.99. The van der Waals surface area contributed by atoms with Gasteiger partial charge >= 0.3 is 0 Å². The van der Waals surface area contributed by atoms with Crippen LogP contribution in [0, 0.1) is 13.8 Å². The van der Waals surface area contributed by atoms with E-state index in [1.54, 1.807) is 13.0 Å². The summed E-state index contributed by atoms with van der Waals surface area (Å²) >= 11 is 0. The first-order chi connectivity index (χ1) is 11.4. The number of nitrogens with zero attached hydrogens (tertiary/aromatic N) is 5. The zero-order valence-electron chi connectivity index (χ0n) is 14.4. The van der Waals surface area contributed by atoms with Crippen LogP contribution in [-0.2, 0) is 18.4 Å². The van der Waals surface area contributed by atoms with Crippen LogP contribution < -0.4 is 5.56 Å². The summed E-state index contributed by atoms with van der Waals surface area (Å²) in [6.45, 7) is 5.14. The molecule has 1 saturated heterocycles. The van der Waals surface area contributed by atoms with Gasteiger partial charge < -0.3 is 9.47 Å². The number of rotatable bonds is 3. The van der Waals surface area contributed by atoms with Crippen molar-refractivity contribution >= 4 is 5.91 Å². The van der Waals surface area contributed by atoms with Crippen molar-refractivity contribution in [3.05, 3.63) is 45.9 Å². The number of aryl methyl sites for hydroxylation is 3. The number of likely N-dealkylation sites (tertiary alicyclic amines) is 1. The highest BCUT2D eigenvalue weighted by molar-refractivity contribution is 5.76. The fourth-order valence-electron chi connectivity index (χ4n) is 3.32. The van der Waals surface area contributed by atoms with E-state index in [2.05, 4.69) is 10.1 Å². The van der Waals surface area contributed by atoms with Gasteiger partial charge in [0, 0.05) is 38.3 Å². The van der Waals surface area contributed by atoms with Crippen LogP contribution in [0.2, 0.25) is 0 Å². The molecule has 0 radical (unpaired) electrons. The highest BCUT2D eigenvalue weighted by atomic mass is 16.2. The van der Waals surface area contributed by atoms with Crippen molar-refractivity contribution in [2.75, 3.05) is 13.1 Å². The van der Waals surface area contributed by atoms with Crippen LogP contribution in [0.25, 0.3) is 0 Å². The largest absolute Gasteiger partial charge is 0.340 e. The SMILES string of the molecule is Cc1cn(C)c([C@@H]2CCCN(C(=O)Cn3nc(C)ccc3=O)C2)n1. The molecule has 0 N–H and O–H groups in total. The first-order valence-electron chi connectivity index (χ1n) is 8.26. The van der Waals surface area contributed by atoms with Crippen LogP contribution in [0.4, 0.5) is 0 Å². The normalized spacial score (nSPS) is 18.0. The summed E-state index contributed by atoms with van der Waals surface area (Å²) in [5.41, 5.74) is 1.47. The van der Waals surface area contributed by atoms with E-state index in [4.69, 9.17) is 0 Å². The van der Waals surface area contributed by atoms with Gasteiger partial charge in [-0.1, -0.05) is 0 Å². The summed E-state index contributed by atoms with van der Waals surface area (Å²) in [5.74, 6) is 1.20. The Morgan fingerprint density at radius 1 is 1.29 bits per heavy atom. The van der Waals surface area contributed by atoms with Gasteiger partial charge in [0.1, 0.15) is 12.4 Å². The van der Waals surface area contributed by atoms with Gasteiger partial charge in [-0.05, 0) is 32.8 Å². The van der Waals surface area contributed by atoms with Gasteiger partial charge in [0.15, 0.2) is 0 Å². The molecule has 0 spiro atoms. The predicted octanol–water partition coefficient (Wildman–Crippen LogP) is 1.000. The van der Waals surface area contributed by atoms with E-state index >= 15 is 0 Å². The third-order valence-electron chi connectivity index (χ3n) is 4.46. The number of carbonyl (C=O) groups is 1. The Kier molecular flexibility index (Phi) is 4.51. The molecule has 1 fully saturated rings. The van der Waals surface area contributed by atoms with E-state index in [0.717, 1.165) is 36.6 Å². The molecule has 0 unspecified atom stereocenters. The average molecular weight is 329 g/mol. The monoisotopic (exact) mass is 329 g/mol. The quantitative estimate of drug-likeness (QED) is 0.842. The van der Waals surface area contributed by atoms with Gasteiger partial charge in [-0.25, -0.2) is 9.67 Å². The van der Waals surface area contributed by atoms with E-state index in [1.165, 1.54) is 10.7 Å². The van der Waals surface area contributed by atoms with Crippen LogP contribution in [-0.4, -0.2) is 43.2 Å². The second-order valence-corrected chi connectivity index (χ2v) is 6.50. The van der Waals surface area contributed by atoms with Gasteiger partial charge in [-0.2, -0.15) is 5.10 Å². The maximum Gasteiger partial charge on any atom is 0.267 e. The molecule has 0 saturated carbocycles. The Balaban J connectivity index is 1.72. The second-order valence-electron chi connectivity index (χ2n) is 6.50. The van der Waals surface area contributed by atoms with Crippen molar-refractivity contribution in [1.82, 2.24) is 24.2 Å². The second kappa shape index (κ2) is 6.59. The third kappa shape index (κ3) is 3.39. The predicted molar refractivity (Wildman–Crippen MR) is 89.7 cm³/mol. The lowest BCUT2D eigenvalue weighted by atomic mass is 9.97. The van der Waals surface area contributed by atoms with Crippen molar-refractivity contribution in [2.24, 2.45) is 7.05 Å². The molecule has 1 aliphatic heterocycles. The minimum absolute atomic E-state index is 0.00712. The lowest BCUT2D eigenvalue weighted by molar-refractivity contribution is -0.133. The van der Waals surface area contributed by atoms with Crippen molar-refractivity contribution in [1.29, 1.82) is 0 Å². The highest BCUT2D eigenvalue weighted by Gasteiger charge is 2.27. The maximum absolute atomic E-state index is 12.6. The van der Waals surface area contributed by atoms with Crippen molar-refractivity contribution < 1.29 is 4.79 Å². The molecular weight excluding hydrogens is 306 g/mol. The standard InChI is InChI=1S/C17H23N5O2/c1-12-6-7-15(23)22(19-12)11-16(24)21-8-4-5-14(10-21)17-18-13(2)9-20(17)3/h6-7,9,14H,4-5,8,10-11H2,1-3H3/t14-/m1/s1.